The van der Waals surface area contributed by atoms with Crippen LogP contribution in [0.3, 0.4) is 0 Å². The number of carbonyl (C=O) groups is 1. The minimum Gasteiger partial charge on any atom is -0.478 e. The highest BCUT2D eigenvalue weighted by Gasteiger charge is 2.18. The minimum absolute atomic E-state index is 0.0302. The Bertz CT molecular complexity index is 780. The Morgan fingerprint density at radius 2 is 2.10 bits per heavy atom. The Morgan fingerprint density at radius 3 is 2.67 bits per heavy atom. The van der Waals surface area contributed by atoms with Crippen molar-refractivity contribution in [3.05, 3.63) is 46.8 Å². The molecular formula is C13H15N3O4S. The molecule has 112 valence electrons. The second kappa shape index (κ2) is 5.66. The highest BCUT2D eigenvalue weighted by atomic mass is 32.2. The molecule has 2 rings (SSSR count). The maximum atomic E-state index is 12.2. The van der Waals surface area contributed by atoms with E-state index in [1.165, 1.54) is 18.3 Å². The van der Waals surface area contributed by atoms with E-state index in [1.54, 1.807) is 13.8 Å². The fourth-order valence-electron chi connectivity index (χ4n) is 1.81. The smallest absolute Gasteiger partial charge is 0.335 e. The Kier molecular flexibility index (Phi) is 4.10. The SMILES string of the molecule is Cc1ccc(S(=O)(=O)NCc2cn[nH]c2C)cc1C(=O)O. The molecule has 8 heteroatoms. The van der Waals surface area contributed by atoms with Gasteiger partial charge in [0.1, 0.15) is 0 Å². The predicted octanol–water partition coefficient (Wildman–Crippen LogP) is 1.20. The molecule has 0 amide bonds. The highest BCUT2D eigenvalue weighted by Crippen LogP contribution is 2.16. The number of aryl methyl sites for hydroxylation is 2. The van der Waals surface area contributed by atoms with E-state index < -0.39 is 16.0 Å². The van der Waals surface area contributed by atoms with Crippen molar-refractivity contribution in [2.24, 2.45) is 0 Å². The lowest BCUT2D eigenvalue weighted by molar-refractivity contribution is 0.0696. The first kappa shape index (κ1) is 15.2. The molecule has 0 radical (unpaired) electrons. The fourth-order valence-corrected chi connectivity index (χ4v) is 2.84. The van der Waals surface area contributed by atoms with Crippen molar-refractivity contribution in [2.45, 2.75) is 25.3 Å². The lowest BCUT2D eigenvalue weighted by Gasteiger charge is -2.08. The summed E-state index contributed by atoms with van der Waals surface area (Å²) >= 11 is 0. The van der Waals surface area contributed by atoms with E-state index >= 15 is 0 Å². The van der Waals surface area contributed by atoms with Gasteiger partial charge < -0.3 is 5.11 Å². The average molecular weight is 309 g/mol. The molecule has 1 aromatic heterocycles. The summed E-state index contributed by atoms with van der Waals surface area (Å²) in [5, 5.41) is 15.6. The van der Waals surface area contributed by atoms with Gasteiger partial charge in [-0.2, -0.15) is 5.10 Å². The van der Waals surface area contributed by atoms with Gasteiger partial charge in [0.2, 0.25) is 10.0 Å². The molecule has 7 nitrogen and oxygen atoms in total. The molecule has 2 aromatic rings. The van der Waals surface area contributed by atoms with Crippen LogP contribution >= 0.6 is 0 Å². The van der Waals surface area contributed by atoms with Crippen molar-refractivity contribution < 1.29 is 18.3 Å². The van der Waals surface area contributed by atoms with Gasteiger partial charge in [-0.3, -0.25) is 5.10 Å². The predicted molar refractivity (Wildman–Crippen MR) is 75.5 cm³/mol. The van der Waals surface area contributed by atoms with Crippen LogP contribution in [0.4, 0.5) is 0 Å². The van der Waals surface area contributed by atoms with E-state index in [0.29, 0.717) is 5.56 Å². The zero-order valence-corrected chi connectivity index (χ0v) is 12.4. The summed E-state index contributed by atoms with van der Waals surface area (Å²) < 4.78 is 26.8. The van der Waals surface area contributed by atoms with E-state index in [9.17, 15) is 13.2 Å². The summed E-state index contributed by atoms with van der Waals surface area (Å²) in [6.45, 7) is 3.48. The summed E-state index contributed by atoms with van der Waals surface area (Å²) in [4.78, 5) is 11.0. The van der Waals surface area contributed by atoms with E-state index in [0.717, 1.165) is 17.3 Å². The summed E-state index contributed by atoms with van der Waals surface area (Å²) in [5.74, 6) is -1.16. The zero-order chi connectivity index (χ0) is 15.6. The third-order valence-corrected chi connectivity index (χ3v) is 4.54. The average Bonchev–Trinajstić information content (AvgIpc) is 2.82. The quantitative estimate of drug-likeness (QED) is 0.768. The number of aromatic carboxylic acids is 1. The largest absolute Gasteiger partial charge is 0.478 e. The first-order chi connectivity index (χ1) is 9.81. The number of aromatic nitrogens is 2. The topological polar surface area (TPSA) is 112 Å². The van der Waals surface area contributed by atoms with E-state index in [-0.39, 0.29) is 17.0 Å². The normalized spacial score (nSPS) is 11.5. The molecule has 21 heavy (non-hydrogen) atoms. The standard InChI is InChI=1S/C13H15N3O4S/c1-8-3-4-11(5-12(8)13(17)18)21(19,20)15-7-10-6-14-16-9(10)2/h3-6,15H,7H2,1-2H3,(H,14,16)(H,17,18). The maximum absolute atomic E-state index is 12.2. The molecule has 0 saturated heterocycles. The van der Waals surface area contributed by atoms with Crippen LogP contribution in [-0.4, -0.2) is 29.7 Å². The van der Waals surface area contributed by atoms with Gasteiger partial charge in [0.25, 0.3) is 0 Å². The number of aromatic amines is 1. The lowest BCUT2D eigenvalue weighted by Crippen LogP contribution is -2.23. The molecule has 0 aliphatic rings. The molecule has 0 aliphatic heterocycles. The van der Waals surface area contributed by atoms with Gasteiger partial charge in [0, 0.05) is 17.8 Å². The first-order valence-electron chi connectivity index (χ1n) is 6.13. The van der Waals surface area contributed by atoms with E-state index in [1.807, 2.05) is 0 Å². The van der Waals surface area contributed by atoms with Crippen molar-refractivity contribution in [1.29, 1.82) is 0 Å². The molecule has 0 spiro atoms. The van der Waals surface area contributed by atoms with Crippen LogP contribution in [0.25, 0.3) is 0 Å². The number of carboxylic acid groups (broad SMARTS) is 1. The number of carboxylic acids is 1. The fraction of sp³-hybridized carbons (Fsp3) is 0.231. The van der Waals surface area contributed by atoms with Gasteiger partial charge in [-0.1, -0.05) is 6.07 Å². The third kappa shape index (κ3) is 3.29. The van der Waals surface area contributed by atoms with Crippen LogP contribution in [0.2, 0.25) is 0 Å². The first-order valence-corrected chi connectivity index (χ1v) is 7.62. The van der Waals surface area contributed by atoms with Crippen LogP contribution < -0.4 is 4.72 Å². The van der Waals surface area contributed by atoms with Gasteiger partial charge in [-0.05, 0) is 31.5 Å². The van der Waals surface area contributed by atoms with Gasteiger partial charge in [-0.15, -0.1) is 0 Å². The number of hydrogen-bond donors (Lipinski definition) is 3. The molecular weight excluding hydrogens is 294 g/mol. The Morgan fingerprint density at radius 1 is 1.38 bits per heavy atom. The Balaban J connectivity index is 2.26. The second-order valence-corrected chi connectivity index (χ2v) is 6.39. The van der Waals surface area contributed by atoms with Gasteiger partial charge in [0.05, 0.1) is 16.7 Å². The monoisotopic (exact) mass is 309 g/mol. The van der Waals surface area contributed by atoms with Crippen LogP contribution in [0.5, 0.6) is 0 Å². The van der Waals surface area contributed by atoms with Crippen molar-refractivity contribution in [2.75, 3.05) is 0 Å². The van der Waals surface area contributed by atoms with Gasteiger partial charge in [-0.25, -0.2) is 17.9 Å². The summed E-state index contributed by atoms with van der Waals surface area (Å²) in [5.41, 5.74) is 1.97. The second-order valence-electron chi connectivity index (χ2n) is 4.63. The number of benzene rings is 1. The molecule has 0 bridgehead atoms. The number of H-pyrrole nitrogens is 1. The van der Waals surface area contributed by atoms with Crippen molar-refractivity contribution >= 4 is 16.0 Å². The van der Waals surface area contributed by atoms with E-state index in [2.05, 4.69) is 14.9 Å². The molecule has 1 heterocycles. The van der Waals surface area contributed by atoms with Crippen LogP contribution in [0.1, 0.15) is 27.2 Å². The maximum Gasteiger partial charge on any atom is 0.335 e. The van der Waals surface area contributed by atoms with Crippen LogP contribution in [0, 0.1) is 13.8 Å². The Hall–Kier alpha value is -2.19. The number of rotatable bonds is 5. The van der Waals surface area contributed by atoms with Gasteiger partial charge in [0.15, 0.2) is 0 Å². The number of nitrogens with zero attached hydrogens (tertiary/aromatic N) is 1. The number of sulfonamides is 1. The van der Waals surface area contributed by atoms with Crippen LogP contribution in [-0.2, 0) is 16.6 Å². The third-order valence-electron chi connectivity index (χ3n) is 3.14. The van der Waals surface area contributed by atoms with Crippen molar-refractivity contribution in [1.82, 2.24) is 14.9 Å². The number of hydrogen-bond acceptors (Lipinski definition) is 4. The molecule has 0 fully saturated rings. The summed E-state index contributed by atoms with van der Waals surface area (Å²) in [7, 11) is -3.78. The molecule has 1 aromatic carbocycles. The highest BCUT2D eigenvalue weighted by molar-refractivity contribution is 7.89. The molecule has 0 saturated carbocycles. The molecule has 0 aliphatic carbocycles. The van der Waals surface area contributed by atoms with Crippen LogP contribution in [0.15, 0.2) is 29.3 Å². The van der Waals surface area contributed by atoms with Gasteiger partial charge >= 0.3 is 5.97 Å². The summed E-state index contributed by atoms with van der Waals surface area (Å²) in [6, 6.07) is 4.01. The zero-order valence-electron chi connectivity index (χ0n) is 11.5. The Labute approximate surface area is 122 Å². The summed E-state index contributed by atoms with van der Waals surface area (Å²) in [6.07, 6.45) is 1.54. The van der Waals surface area contributed by atoms with Crippen molar-refractivity contribution in [3.8, 4) is 0 Å². The molecule has 3 N–H and O–H groups in total. The number of nitrogens with one attached hydrogen (secondary N) is 2. The van der Waals surface area contributed by atoms with Crippen molar-refractivity contribution in [3.63, 3.8) is 0 Å². The molecule has 0 atom stereocenters. The van der Waals surface area contributed by atoms with E-state index in [4.69, 9.17) is 5.11 Å². The lowest BCUT2D eigenvalue weighted by atomic mass is 10.1. The minimum atomic E-state index is -3.78. The molecule has 0 unspecified atom stereocenters.